The molecule has 0 atom stereocenters. The first-order valence-electron chi connectivity index (χ1n) is 4.91. The van der Waals surface area contributed by atoms with Crippen LogP contribution in [0.3, 0.4) is 0 Å². The van der Waals surface area contributed by atoms with Crippen LogP contribution in [-0.2, 0) is 16.6 Å². The van der Waals surface area contributed by atoms with Crippen LogP contribution in [0.4, 0.5) is 5.69 Å². The molecule has 1 aromatic rings. The van der Waals surface area contributed by atoms with Crippen molar-refractivity contribution >= 4 is 31.8 Å². The average Bonchev–Trinajstić information content (AvgIpc) is 2.60. The third-order valence-electron chi connectivity index (χ3n) is 2.63. The fraction of sp³-hybridized carbons (Fsp3) is 0.400. The smallest absolute Gasteiger partial charge is 0.257 e. The van der Waals surface area contributed by atoms with Crippen LogP contribution in [0.15, 0.2) is 22.7 Å². The standard InChI is InChI=1S/C10H13BrN2O2S/c1-12(2)16(14,15)13-6-5-8-7-9(11)3-4-10(8)13/h3-4,7H,5-6H2,1-2H3. The van der Waals surface area contributed by atoms with Crippen molar-refractivity contribution in [1.29, 1.82) is 0 Å². The minimum atomic E-state index is -3.35. The van der Waals surface area contributed by atoms with Gasteiger partial charge in [-0.05, 0) is 30.2 Å². The molecule has 6 heteroatoms. The van der Waals surface area contributed by atoms with Crippen LogP contribution in [0, 0.1) is 0 Å². The van der Waals surface area contributed by atoms with Gasteiger partial charge in [-0.25, -0.2) is 0 Å². The highest BCUT2D eigenvalue weighted by Gasteiger charge is 2.30. The Bertz CT molecular complexity index is 514. The first-order chi connectivity index (χ1) is 7.43. The predicted octanol–water partition coefficient (Wildman–Crippen LogP) is 1.62. The number of fused-ring (bicyclic) bond motifs is 1. The summed E-state index contributed by atoms with van der Waals surface area (Å²) in [7, 11) is -0.256. The van der Waals surface area contributed by atoms with Gasteiger partial charge in [-0.2, -0.15) is 12.7 Å². The van der Waals surface area contributed by atoms with Gasteiger partial charge in [0.1, 0.15) is 0 Å². The highest BCUT2D eigenvalue weighted by atomic mass is 79.9. The zero-order chi connectivity index (χ0) is 11.9. The Morgan fingerprint density at radius 2 is 2.06 bits per heavy atom. The van der Waals surface area contributed by atoms with Crippen LogP contribution in [-0.4, -0.2) is 33.4 Å². The zero-order valence-electron chi connectivity index (χ0n) is 9.14. The van der Waals surface area contributed by atoms with E-state index >= 15 is 0 Å². The lowest BCUT2D eigenvalue weighted by Crippen LogP contribution is -2.38. The summed E-state index contributed by atoms with van der Waals surface area (Å²) in [4.78, 5) is 0. The summed E-state index contributed by atoms with van der Waals surface area (Å²) >= 11 is 3.39. The molecular formula is C10H13BrN2O2S. The molecule has 1 aliphatic heterocycles. The molecule has 88 valence electrons. The molecule has 0 aliphatic carbocycles. The van der Waals surface area contributed by atoms with Crippen LogP contribution in [0.1, 0.15) is 5.56 Å². The first-order valence-corrected chi connectivity index (χ1v) is 7.10. The van der Waals surface area contributed by atoms with Crippen molar-refractivity contribution < 1.29 is 8.42 Å². The van der Waals surface area contributed by atoms with Crippen molar-refractivity contribution in [2.24, 2.45) is 0 Å². The maximum atomic E-state index is 12.0. The topological polar surface area (TPSA) is 40.6 Å². The van der Waals surface area contributed by atoms with Crippen LogP contribution < -0.4 is 4.31 Å². The maximum absolute atomic E-state index is 12.0. The molecule has 0 saturated heterocycles. The molecule has 0 bridgehead atoms. The lowest BCUT2D eigenvalue weighted by molar-refractivity contribution is 0.517. The summed E-state index contributed by atoms with van der Waals surface area (Å²) in [5.41, 5.74) is 1.86. The second-order valence-corrected chi connectivity index (χ2v) is 6.87. The van der Waals surface area contributed by atoms with Crippen LogP contribution in [0.2, 0.25) is 0 Å². The third-order valence-corrected chi connectivity index (χ3v) is 4.99. The van der Waals surface area contributed by atoms with Crippen LogP contribution in [0.5, 0.6) is 0 Å². The fourth-order valence-electron chi connectivity index (χ4n) is 1.78. The molecule has 1 aliphatic rings. The molecule has 1 aromatic carbocycles. The Labute approximate surface area is 104 Å². The van der Waals surface area contributed by atoms with Gasteiger partial charge in [0.05, 0.1) is 5.69 Å². The number of benzene rings is 1. The summed E-state index contributed by atoms with van der Waals surface area (Å²) in [5, 5.41) is 0. The summed E-state index contributed by atoms with van der Waals surface area (Å²) < 4.78 is 27.7. The highest BCUT2D eigenvalue weighted by molar-refractivity contribution is 9.10. The zero-order valence-corrected chi connectivity index (χ0v) is 11.5. The number of nitrogens with zero attached hydrogens (tertiary/aromatic N) is 2. The summed E-state index contributed by atoms with van der Waals surface area (Å²) in [5.74, 6) is 0. The van der Waals surface area contributed by atoms with Gasteiger partial charge in [0, 0.05) is 25.1 Å². The lowest BCUT2D eigenvalue weighted by Gasteiger charge is -2.23. The Morgan fingerprint density at radius 3 is 2.69 bits per heavy atom. The van der Waals surface area contributed by atoms with E-state index in [9.17, 15) is 8.42 Å². The molecule has 0 unspecified atom stereocenters. The molecular weight excluding hydrogens is 292 g/mol. The monoisotopic (exact) mass is 304 g/mol. The van der Waals surface area contributed by atoms with Gasteiger partial charge < -0.3 is 0 Å². The van der Waals surface area contributed by atoms with E-state index in [1.165, 1.54) is 8.61 Å². The van der Waals surface area contributed by atoms with Crippen molar-refractivity contribution in [2.75, 3.05) is 24.9 Å². The molecule has 0 saturated carbocycles. The SMILES string of the molecule is CN(C)S(=O)(=O)N1CCc2cc(Br)ccc21. The number of rotatable bonds is 2. The Balaban J connectivity index is 2.46. The van der Waals surface area contributed by atoms with E-state index < -0.39 is 10.2 Å². The Kier molecular flexibility index (Phi) is 2.98. The second kappa shape index (κ2) is 4.01. The van der Waals surface area contributed by atoms with E-state index in [1.54, 1.807) is 14.1 Å². The molecule has 2 rings (SSSR count). The van der Waals surface area contributed by atoms with E-state index in [2.05, 4.69) is 15.9 Å². The second-order valence-electron chi connectivity index (χ2n) is 3.89. The molecule has 16 heavy (non-hydrogen) atoms. The Hall–Kier alpha value is -0.590. The van der Waals surface area contributed by atoms with Crippen molar-refractivity contribution in [3.8, 4) is 0 Å². The summed E-state index contributed by atoms with van der Waals surface area (Å²) in [6.07, 6.45) is 0.766. The Morgan fingerprint density at radius 1 is 1.38 bits per heavy atom. The molecule has 0 N–H and O–H groups in total. The van der Waals surface area contributed by atoms with Crippen molar-refractivity contribution in [3.05, 3.63) is 28.2 Å². The lowest BCUT2D eigenvalue weighted by atomic mass is 10.2. The van der Waals surface area contributed by atoms with Gasteiger partial charge in [0.15, 0.2) is 0 Å². The number of anilines is 1. The largest absolute Gasteiger partial charge is 0.303 e. The first kappa shape index (κ1) is 11.9. The van der Waals surface area contributed by atoms with Gasteiger partial charge in [-0.15, -0.1) is 0 Å². The molecule has 0 amide bonds. The summed E-state index contributed by atoms with van der Waals surface area (Å²) in [6, 6.07) is 5.68. The van der Waals surface area contributed by atoms with Crippen LogP contribution >= 0.6 is 15.9 Å². The van der Waals surface area contributed by atoms with Gasteiger partial charge in [0.2, 0.25) is 0 Å². The highest BCUT2D eigenvalue weighted by Crippen LogP contribution is 2.32. The normalized spacial score (nSPS) is 15.6. The van der Waals surface area contributed by atoms with Gasteiger partial charge in [-0.1, -0.05) is 15.9 Å². The minimum Gasteiger partial charge on any atom is -0.257 e. The van der Waals surface area contributed by atoms with Gasteiger partial charge in [0.25, 0.3) is 0 Å². The molecule has 4 nitrogen and oxygen atoms in total. The molecule has 1 heterocycles. The molecule has 0 spiro atoms. The number of hydrogen-bond acceptors (Lipinski definition) is 2. The fourth-order valence-corrected chi connectivity index (χ4v) is 3.33. The van der Waals surface area contributed by atoms with Crippen molar-refractivity contribution in [1.82, 2.24) is 4.31 Å². The number of halogens is 1. The van der Waals surface area contributed by atoms with E-state index in [-0.39, 0.29) is 0 Å². The molecule has 0 radical (unpaired) electrons. The third kappa shape index (κ3) is 1.85. The van der Waals surface area contributed by atoms with E-state index in [0.717, 1.165) is 22.1 Å². The van der Waals surface area contributed by atoms with E-state index in [0.29, 0.717) is 6.54 Å². The maximum Gasteiger partial charge on any atom is 0.303 e. The van der Waals surface area contributed by atoms with E-state index in [4.69, 9.17) is 0 Å². The predicted molar refractivity (Wildman–Crippen MR) is 67.8 cm³/mol. The average molecular weight is 305 g/mol. The molecule has 0 aromatic heterocycles. The van der Waals surface area contributed by atoms with Crippen LogP contribution in [0.25, 0.3) is 0 Å². The molecule has 0 fully saturated rings. The quantitative estimate of drug-likeness (QED) is 0.833. The minimum absolute atomic E-state index is 0.520. The number of hydrogen-bond donors (Lipinski definition) is 0. The van der Waals surface area contributed by atoms with Crippen molar-refractivity contribution in [2.45, 2.75) is 6.42 Å². The van der Waals surface area contributed by atoms with Crippen molar-refractivity contribution in [3.63, 3.8) is 0 Å². The summed E-state index contributed by atoms with van der Waals surface area (Å²) in [6.45, 7) is 0.520. The van der Waals surface area contributed by atoms with Gasteiger partial charge >= 0.3 is 10.2 Å². The van der Waals surface area contributed by atoms with E-state index in [1.807, 2.05) is 18.2 Å². The van der Waals surface area contributed by atoms with Gasteiger partial charge in [-0.3, -0.25) is 4.31 Å².